The first kappa shape index (κ1) is 22.2. The van der Waals surface area contributed by atoms with E-state index in [0.717, 1.165) is 0 Å². The summed E-state index contributed by atoms with van der Waals surface area (Å²) in [5.41, 5.74) is 0.262. The number of carbonyl (C=O) groups excluding carboxylic acids is 2. The lowest BCUT2D eigenvalue weighted by Crippen LogP contribution is -2.46. The van der Waals surface area contributed by atoms with E-state index in [1.54, 1.807) is 45.0 Å². The van der Waals surface area contributed by atoms with Gasteiger partial charge in [0.2, 0.25) is 0 Å². The van der Waals surface area contributed by atoms with Crippen molar-refractivity contribution in [2.75, 3.05) is 13.2 Å². The van der Waals surface area contributed by atoms with E-state index >= 15 is 0 Å². The summed E-state index contributed by atoms with van der Waals surface area (Å²) in [6.07, 6.45) is 0.625. The summed E-state index contributed by atoms with van der Waals surface area (Å²) >= 11 is 0. The van der Waals surface area contributed by atoms with Crippen molar-refractivity contribution in [1.29, 1.82) is 0 Å². The first-order chi connectivity index (χ1) is 12.6. The van der Waals surface area contributed by atoms with Gasteiger partial charge in [-0.2, -0.15) is 0 Å². The quantitative estimate of drug-likeness (QED) is 0.501. The van der Waals surface area contributed by atoms with Gasteiger partial charge in [-0.25, -0.2) is 14.4 Å². The predicted molar refractivity (Wildman–Crippen MR) is 97.4 cm³/mol. The predicted octanol–water partition coefficient (Wildman–Crippen LogP) is 2.52. The zero-order valence-electron chi connectivity index (χ0n) is 15.7. The monoisotopic (exact) mass is 379 g/mol. The van der Waals surface area contributed by atoms with Crippen LogP contribution < -0.4 is 5.32 Å². The fourth-order valence-corrected chi connectivity index (χ4v) is 1.93. The number of hydrogen-bond acceptors (Lipinski definition) is 6. The minimum atomic E-state index is -1.26. The molecule has 0 heterocycles. The number of esters is 1. The molecule has 0 fully saturated rings. The molecule has 0 aliphatic rings. The van der Waals surface area contributed by atoms with Crippen molar-refractivity contribution in [1.82, 2.24) is 5.32 Å². The number of nitrogens with one attached hydrogen (secondary N) is 1. The molecule has 0 aliphatic carbocycles. The molecule has 1 aromatic rings. The van der Waals surface area contributed by atoms with Gasteiger partial charge in [-0.05, 0) is 38.5 Å². The van der Waals surface area contributed by atoms with Crippen LogP contribution in [-0.2, 0) is 25.6 Å². The highest BCUT2D eigenvalue weighted by molar-refractivity contribution is 5.89. The van der Waals surface area contributed by atoms with Crippen LogP contribution in [0.5, 0.6) is 0 Å². The lowest BCUT2D eigenvalue weighted by Gasteiger charge is -2.22. The van der Waals surface area contributed by atoms with Crippen LogP contribution in [0.15, 0.2) is 36.9 Å². The minimum Gasteiger partial charge on any atom is -0.480 e. The van der Waals surface area contributed by atoms with Crippen molar-refractivity contribution in [3.63, 3.8) is 0 Å². The SMILES string of the molecule is C=CCOC(=O)c1cccc(COCC(NC(=O)OC(C)(C)C)C(=O)O)c1. The summed E-state index contributed by atoms with van der Waals surface area (Å²) in [6, 6.07) is 5.31. The molecule has 0 saturated heterocycles. The molecule has 1 rings (SSSR count). The molecule has 1 amide bonds. The second kappa shape index (κ2) is 10.3. The second-order valence-electron chi connectivity index (χ2n) is 6.64. The van der Waals surface area contributed by atoms with Gasteiger partial charge in [0.05, 0.1) is 18.8 Å². The number of amides is 1. The van der Waals surface area contributed by atoms with Gasteiger partial charge in [0.15, 0.2) is 6.04 Å². The van der Waals surface area contributed by atoms with Crippen LogP contribution in [0.2, 0.25) is 0 Å². The van der Waals surface area contributed by atoms with Crippen LogP contribution in [-0.4, -0.2) is 48.0 Å². The van der Waals surface area contributed by atoms with Crippen molar-refractivity contribution < 1.29 is 33.7 Å². The van der Waals surface area contributed by atoms with Crippen LogP contribution in [0, 0.1) is 0 Å². The van der Waals surface area contributed by atoms with Gasteiger partial charge >= 0.3 is 18.0 Å². The summed E-state index contributed by atoms with van der Waals surface area (Å²) in [4.78, 5) is 34.8. The number of rotatable bonds is 9. The Morgan fingerprint density at radius 2 is 2.00 bits per heavy atom. The molecule has 1 atom stereocenters. The van der Waals surface area contributed by atoms with Gasteiger partial charge in [-0.1, -0.05) is 24.8 Å². The summed E-state index contributed by atoms with van der Waals surface area (Å²) in [7, 11) is 0. The molecule has 0 spiro atoms. The first-order valence-electron chi connectivity index (χ1n) is 8.29. The molecule has 1 aromatic carbocycles. The Labute approximate surface area is 158 Å². The van der Waals surface area contributed by atoms with Crippen molar-refractivity contribution in [3.8, 4) is 0 Å². The van der Waals surface area contributed by atoms with Crippen molar-refractivity contribution >= 4 is 18.0 Å². The normalized spacial score (nSPS) is 12.0. The number of carboxylic acids is 1. The third-order valence-corrected chi connectivity index (χ3v) is 3.04. The Morgan fingerprint density at radius 1 is 1.30 bits per heavy atom. The average molecular weight is 379 g/mol. The highest BCUT2D eigenvalue weighted by atomic mass is 16.6. The Balaban J connectivity index is 2.58. The van der Waals surface area contributed by atoms with Gasteiger partial charge in [0.25, 0.3) is 0 Å². The van der Waals surface area contributed by atoms with Crippen molar-refractivity contribution in [2.45, 2.75) is 39.0 Å². The van der Waals surface area contributed by atoms with Crippen LogP contribution in [0.4, 0.5) is 4.79 Å². The number of benzene rings is 1. The lowest BCUT2D eigenvalue weighted by molar-refractivity contribution is -0.141. The topological polar surface area (TPSA) is 111 Å². The fourth-order valence-electron chi connectivity index (χ4n) is 1.93. The third-order valence-electron chi connectivity index (χ3n) is 3.04. The molecule has 0 bridgehead atoms. The van der Waals surface area contributed by atoms with E-state index < -0.39 is 29.7 Å². The Kier molecular flexibility index (Phi) is 8.47. The summed E-state index contributed by atoms with van der Waals surface area (Å²) < 4.78 is 15.4. The number of aliphatic carboxylic acids is 1. The minimum absolute atomic E-state index is 0.0579. The molecule has 0 saturated carbocycles. The zero-order valence-corrected chi connectivity index (χ0v) is 15.7. The molecule has 8 heteroatoms. The summed E-state index contributed by atoms with van der Waals surface area (Å²) in [5, 5.41) is 11.4. The Morgan fingerprint density at radius 3 is 2.59 bits per heavy atom. The van der Waals surface area contributed by atoms with Crippen molar-refractivity contribution in [3.05, 3.63) is 48.0 Å². The van der Waals surface area contributed by atoms with E-state index in [2.05, 4.69) is 11.9 Å². The molecule has 0 aromatic heterocycles. The Bertz CT molecular complexity index is 679. The maximum absolute atomic E-state index is 11.8. The van der Waals surface area contributed by atoms with E-state index in [0.29, 0.717) is 11.1 Å². The number of hydrogen-bond donors (Lipinski definition) is 2. The smallest absolute Gasteiger partial charge is 0.408 e. The highest BCUT2D eigenvalue weighted by Gasteiger charge is 2.24. The molecule has 2 N–H and O–H groups in total. The maximum atomic E-state index is 11.8. The Hall–Kier alpha value is -2.87. The van der Waals surface area contributed by atoms with E-state index in [1.807, 2.05) is 0 Å². The average Bonchev–Trinajstić information content (AvgIpc) is 2.57. The molecule has 0 aliphatic heterocycles. The van der Waals surface area contributed by atoms with E-state index in [9.17, 15) is 19.5 Å². The number of carbonyl (C=O) groups is 3. The van der Waals surface area contributed by atoms with Crippen LogP contribution in [0.25, 0.3) is 0 Å². The van der Waals surface area contributed by atoms with Gasteiger partial charge in [-0.15, -0.1) is 0 Å². The largest absolute Gasteiger partial charge is 0.480 e. The molecular weight excluding hydrogens is 354 g/mol. The number of carboxylic acid groups (broad SMARTS) is 1. The molecule has 0 radical (unpaired) electrons. The zero-order chi connectivity index (χ0) is 20.4. The highest BCUT2D eigenvalue weighted by Crippen LogP contribution is 2.09. The third kappa shape index (κ3) is 8.87. The fraction of sp³-hybridized carbons (Fsp3) is 0.421. The standard InChI is InChI=1S/C19H25NO7/c1-5-9-26-17(23)14-8-6-7-13(10-14)11-25-12-15(16(21)22)20-18(24)27-19(2,3)4/h5-8,10,15H,1,9,11-12H2,2-4H3,(H,20,24)(H,21,22). The second-order valence-corrected chi connectivity index (χ2v) is 6.64. The molecule has 8 nitrogen and oxygen atoms in total. The van der Waals surface area contributed by atoms with E-state index in [4.69, 9.17) is 14.2 Å². The summed E-state index contributed by atoms with van der Waals surface area (Å²) in [5.74, 6) is -1.74. The van der Waals surface area contributed by atoms with Crippen molar-refractivity contribution in [2.24, 2.45) is 0 Å². The summed E-state index contributed by atoms with van der Waals surface area (Å²) in [6.45, 7) is 8.39. The van der Waals surface area contributed by atoms with Crippen LogP contribution >= 0.6 is 0 Å². The number of ether oxygens (including phenoxy) is 3. The van der Waals surface area contributed by atoms with Gasteiger partial charge in [0.1, 0.15) is 12.2 Å². The van der Waals surface area contributed by atoms with Gasteiger partial charge in [-0.3, -0.25) is 0 Å². The lowest BCUT2D eigenvalue weighted by atomic mass is 10.1. The van der Waals surface area contributed by atoms with Gasteiger partial charge < -0.3 is 24.6 Å². The van der Waals surface area contributed by atoms with E-state index in [-0.39, 0.29) is 19.8 Å². The molecule has 27 heavy (non-hydrogen) atoms. The molecular formula is C19H25NO7. The molecule has 1 unspecified atom stereocenters. The first-order valence-corrected chi connectivity index (χ1v) is 8.29. The van der Waals surface area contributed by atoms with Crippen LogP contribution in [0.1, 0.15) is 36.7 Å². The van der Waals surface area contributed by atoms with Crippen LogP contribution in [0.3, 0.4) is 0 Å². The molecule has 148 valence electrons. The van der Waals surface area contributed by atoms with E-state index in [1.165, 1.54) is 6.08 Å². The number of alkyl carbamates (subject to hydrolysis) is 1. The maximum Gasteiger partial charge on any atom is 0.408 e. The van der Waals surface area contributed by atoms with Gasteiger partial charge in [0, 0.05) is 0 Å².